The van der Waals surface area contributed by atoms with E-state index in [1.54, 1.807) is 11.4 Å². The van der Waals surface area contributed by atoms with Gasteiger partial charge in [-0.1, -0.05) is 0 Å². The highest BCUT2D eigenvalue weighted by atomic mass is 32.1. The fourth-order valence-corrected chi connectivity index (χ4v) is 3.27. The number of carboxylic acid groups (broad SMARTS) is 1. The van der Waals surface area contributed by atoms with Crippen LogP contribution in [0.4, 0.5) is 0 Å². The van der Waals surface area contributed by atoms with Crippen LogP contribution in [0.5, 0.6) is 0 Å². The topological polar surface area (TPSA) is 69.6 Å². The molecule has 1 amide bonds. The maximum absolute atomic E-state index is 12.1. The molecule has 0 bridgehead atoms. The molecule has 114 valence electrons. The Labute approximate surface area is 128 Å². The van der Waals surface area contributed by atoms with Gasteiger partial charge < -0.3 is 15.3 Å². The summed E-state index contributed by atoms with van der Waals surface area (Å²) in [6.07, 6.45) is 4.91. The smallest absolute Gasteiger partial charge is 0.328 e. The van der Waals surface area contributed by atoms with Crippen LogP contribution in [0.15, 0.2) is 17.5 Å². The Balaban J connectivity index is 1.84. The molecule has 6 heteroatoms. The second-order valence-electron chi connectivity index (χ2n) is 5.39. The van der Waals surface area contributed by atoms with Crippen LogP contribution in [-0.2, 0) is 4.79 Å². The van der Waals surface area contributed by atoms with Crippen molar-refractivity contribution in [1.82, 2.24) is 10.2 Å². The van der Waals surface area contributed by atoms with Crippen molar-refractivity contribution in [2.24, 2.45) is 5.92 Å². The van der Waals surface area contributed by atoms with E-state index in [0.717, 1.165) is 30.5 Å². The molecule has 1 saturated heterocycles. The summed E-state index contributed by atoms with van der Waals surface area (Å²) in [5.74, 6) is -0.567. The molecule has 0 saturated carbocycles. The lowest BCUT2D eigenvalue weighted by Crippen LogP contribution is -2.39. The number of amides is 1. The minimum absolute atomic E-state index is 0.0885. The summed E-state index contributed by atoms with van der Waals surface area (Å²) in [5, 5.41) is 13.3. The summed E-state index contributed by atoms with van der Waals surface area (Å²) in [4.78, 5) is 25.6. The van der Waals surface area contributed by atoms with Crippen LogP contribution in [0.3, 0.4) is 0 Å². The number of likely N-dealkylation sites (tertiary alicyclic amines) is 1. The summed E-state index contributed by atoms with van der Waals surface area (Å²) < 4.78 is 0. The number of carbonyl (C=O) groups excluding carboxylic acids is 1. The van der Waals surface area contributed by atoms with Gasteiger partial charge in [-0.05, 0) is 44.5 Å². The zero-order chi connectivity index (χ0) is 15.2. The van der Waals surface area contributed by atoms with Crippen LogP contribution >= 0.6 is 11.3 Å². The number of nitrogens with one attached hydrogen (secondary N) is 1. The fourth-order valence-electron chi connectivity index (χ4n) is 2.49. The third-order valence-electron chi connectivity index (χ3n) is 3.55. The summed E-state index contributed by atoms with van der Waals surface area (Å²) in [5.41, 5.74) is 0.592. The lowest BCUT2D eigenvalue weighted by Gasteiger charge is -2.29. The zero-order valence-corrected chi connectivity index (χ0v) is 12.9. The molecule has 21 heavy (non-hydrogen) atoms. The Hall–Kier alpha value is -1.66. The number of thiophene rings is 1. The lowest BCUT2D eigenvalue weighted by atomic mass is 9.98. The van der Waals surface area contributed by atoms with Gasteiger partial charge >= 0.3 is 5.97 Å². The van der Waals surface area contributed by atoms with Crippen molar-refractivity contribution < 1.29 is 14.7 Å². The maximum atomic E-state index is 12.1. The number of hydrogen-bond donors (Lipinski definition) is 2. The van der Waals surface area contributed by atoms with Gasteiger partial charge in [0.1, 0.15) is 0 Å². The highest BCUT2D eigenvalue weighted by Gasteiger charge is 2.18. The van der Waals surface area contributed by atoms with E-state index in [-0.39, 0.29) is 5.91 Å². The molecule has 0 aromatic carbocycles. The minimum atomic E-state index is -0.990. The number of aliphatic carboxylic acids is 1. The van der Waals surface area contributed by atoms with Crippen LogP contribution in [-0.4, -0.2) is 48.6 Å². The van der Waals surface area contributed by atoms with Gasteiger partial charge in [0.15, 0.2) is 0 Å². The number of piperidine rings is 1. The van der Waals surface area contributed by atoms with Crippen molar-refractivity contribution in [3.63, 3.8) is 0 Å². The average molecular weight is 308 g/mol. The number of hydrogen-bond acceptors (Lipinski definition) is 4. The molecule has 2 rings (SSSR count). The van der Waals surface area contributed by atoms with E-state index in [4.69, 9.17) is 5.11 Å². The predicted octanol–water partition coefficient (Wildman–Crippen LogP) is 1.92. The van der Waals surface area contributed by atoms with Gasteiger partial charge in [0, 0.05) is 29.4 Å². The molecule has 1 aliphatic heterocycles. The molecule has 0 aliphatic carbocycles. The molecule has 1 aromatic heterocycles. The number of rotatable bonds is 5. The van der Waals surface area contributed by atoms with E-state index in [1.165, 1.54) is 23.8 Å². The van der Waals surface area contributed by atoms with Crippen molar-refractivity contribution in [3.8, 4) is 0 Å². The van der Waals surface area contributed by atoms with Gasteiger partial charge in [0.25, 0.3) is 5.91 Å². The Morgan fingerprint density at radius 1 is 1.57 bits per heavy atom. The predicted molar refractivity (Wildman–Crippen MR) is 83.5 cm³/mol. The van der Waals surface area contributed by atoms with Crippen LogP contribution in [0.2, 0.25) is 0 Å². The van der Waals surface area contributed by atoms with Gasteiger partial charge in [-0.25, -0.2) is 4.79 Å². The molecule has 0 spiro atoms. The van der Waals surface area contributed by atoms with E-state index in [0.29, 0.717) is 18.0 Å². The molecule has 5 nitrogen and oxygen atoms in total. The summed E-state index contributed by atoms with van der Waals surface area (Å²) in [6, 6.07) is 1.71. The molecule has 1 aromatic rings. The molecule has 0 radical (unpaired) electrons. The summed E-state index contributed by atoms with van der Waals surface area (Å²) in [6.45, 7) is 2.85. The van der Waals surface area contributed by atoms with Crippen LogP contribution in [0.25, 0.3) is 6.08 Å². The van der Waals surface area contributed by atoms with Gasteiger partial charge in [-0.15, -0.1) is 11.3 Å². The molecule has 1 atom stereocenters. The van der Waals surface area contributed by atoms with Crippen molar-refractivity contribution >= 4 is 29.3 Å². The molecule has 1 fully saturated rings. The van der Waals surface area contributed by atoms with Crippen LogP contribution in [0.1, 0.15) is 28.1 Å². The first-order valence-corrected chi connectivity index (χ1v) is 7.89. The molecule has 2 heterocycles. The van der Waals surface area contributed by atoms with Gasteiger partial charge in [0.2, 0.25) is 0 Å². The molecule has 1 aliphatic rings. The lowest BCUT2D eigenvalue weighted by molar-refractivity contribution is -0.131. The number of nitrogens with zero attached hydrogens (tertiary/aromatic N) is 1. The van der Waals surface area contributed by atoms with Gasteiger partial charge in [0.05, 0.1) is 5.56 Å². The quantitative estimate of drug-likeness (QED) is 0.815. The normalized spacial score (nSPS) is 19.8. The van der Waals surface area contributed by atoms with Gasteiger partial charge in [-0.2, -0.15) is 0 Å². The standard InChI is InChI=1S/C15H20N2O3S/c1-17-6-2-3-11(9-17)8-16-15(20)12-7-13(21-10-12)4-5-14(18)19/h4-5,7,10-11H,2-3,6,8-9H2,1H3,(H,16,20)(H,18,19). The largest absolute Gasteiger partial charge is 0.478 e. The first-order valence-electron chi connectivity index (χ1n) is 7.01. The van der Waals surface area contributed by atoms with E-state index in [2.05, 4.69) is 17.3 Å². The van der Waals surface area contributed by atoms with E-state index in [9.17, 15) is 9.59 Å². The Morgan fingerprint density at radius 3 is 3.10 bits per heavy atom. The monoisotopic (exact) mass is 308 g/mol. The minimum Gasteiger partial charge on any atom is -0.478 e. The van der Waals surface area contributed by atoms with Crippen LogP contribution < -0.4 is 5.32 Å². The first-order chi connectivity index (χ1) is 10.0. The summed E-state index contributed by atoms with van der Waals surface area (Å²) >= 11 is 1.36. The number of carboxylic acids is 1. The van der Waals surface area contributed by atoms with E-state index < -0.39 is 5.97 Å². The van der Waals surface area contributed by atoms with E-state index >= 15 is 0 Å². The molecular weight excluding hydrogens is 288 g/mol. The first kappa shape index (κ1) is 15.7. The molecule has 1 unspecified atom stereocenters. The number of carbonyl (C=O) groups is 2. The van der Waals surface area contributed by atoms with Gasteiger partial charge in [-0.3, -0.25) is 4.79 Å². The maximum Gasteiger partial charge on any atom is 0.328 e. The third kappa shape index (κ3) is 4.99. The SMILES string of the molecule is CN1CCCC(CNC(=O)c2csc(C=CC(=O)O)c2)C1. The Bertz CT molecular complexity index is 539. The van der Waals surface area contributed by atoms with E-state index in [1.807, 2.05) is 0 Å². The Kier molecular flexibility index (Phi) is 5.52. The third-order valence-corrected chi connectivity index (χ3v) is 4.44. The fraction of sp³-hybridized carbons (Fsp3) is 0.467. The summed E-state index contributed by atoms with van der Waals surface area (Å²) in [7, 11) is 2.11. The van der Waals surface area contributed by atoms with Crippen LogP contribution in [0, 0.1) is 5.92 Å². The second-order valence-corrected chi connectivity index (χ2v) is 6.33. The Morgan fingerprint density at radius 2 is 2.38 bits per heavy atom. The van der Waals surface area contributed by atoms with Crippen molar-refractivity contribution in [3.05, 3.63) is 28.0 Å². The molecular formula is C15H20N2O3S. The zero-order valence-electron chi connectivity index (χ0n) is 12.0. The van der Waals surface area contributed by atoms with Crippen molar-refractivity contribution in [2.45, 2.75) is 12.8 Å². The highest BCUT2D eigenvalue weighted by Crippen LogP contribution is 2.17. The molecule has 2 N–H and O–H groups in total. The average Bonchev–Trinajstić information content (AvgIpc) is 2.91. The van der Waals surface area contributed by atoms with Crippen molar-refractivity contribution in [1.29, 1.82) is 0 Å². The van der Waals surface area contributed by atoms with Crippen molar-refractivity contribution in [2.75, 3.05) is 26.7 Å². The highest BCUT2D eigenvalue weighted by molar-refractivity contribution is 7.11. The second kappa shape index (κ2) is 7.38.